The average molecular weight is 324 g/mol. The molecule has 2 atom stereocenters. The summed E-state index contributed by atoms with van der Waals surface area (Å²) < 4.78 is 13.6. The van der Waals surface area contributed by atoms with Gasteiger partial charge in [-0.2, -0.15) is 0 Å². The lowest BCUT2D eigenvalue weighted by atomic mass is 10.0. The van der Waals surface area contributed by atoms with Crippen LogP contribution in [-0.2, 0) is 21.0 Å². The maximum atomic E-state index is 11.6. The zero-order valence-electron chi connectivity index (χ0n) is 10.8. The summed E-state index contributed by atoms with van der Waals surface area (Å²) in [6.45, 7) is -0.201. The van der Waals surface area contributed by atoms with Gasteiger partial charge in [0.1, 0.15) is 15.9 Å². The van der Waals surface area contributed by atoms with Gasteiger partial charge in [-0.15, -0.1) is 4.72 Å². The van der Waals surface area contributed by atoms with Gasteiger partial charge in [-0.25, -0.2) is 0 Å². The standard InChI is InChI=1S/C8H12N4O8S/c1-5(7(14)15)9-21(20)2-6(13)10-3-8(4-10,11(16)17)12(18)19/h5,9H,2-4H2,1H3,(H,14,15). The maximum Gasteiger partial charge on any atom is 0.492 e. The molecule has 12 nitrogen and oxygen atoms in total. The van der Waals surface area contributed by atoms with E-state index in [0.29, 0.717) is 0 Å². The average Bonchev–Trinajstić information content (AvgIpc) is 2.25. The van der Waals surface area contributed by atoms with Crippen molar-refractivity contribution in [2.75, 3.05) is 18.8 Å². The van der Waals surface area contributed by atoms with Crippen LogP contribution in [0, 0.1) is 20.2 Å². The second kappa shape index (κ2) is 6.19. The van der Waals surface area contributed by atoms with Crippen LogP contribution in [-0.4, -0.2) is 66.8 Å². The van der Waals surface area contributed by atoms with Crippen LogP contribution in [0.2, 0.25) is 0 Å². The molecule has 1 aliphatic heterocycles. The van der Waals surface area contributed by atoms with Crippen molar-refractivity contribution in [1.82, 2.24) is 9.62 Å². The third kappa shape index (κ3) is 3.56. The molecular weight excluding hydrogens is 312 g/mol. The first-order chi connectivity index (χ1) is 9.60. The summed E-state index contributed by atoms with van der Waals surface area (Å²) in [6.07, 6.45) is 0. The predicted molar refractivity (Wildman–Crippen MR) is 66.5 cm³/mol. The van der Waals surface area contributed by atoms with E-state index in [-0.39, 0.29) is 0 Å². The Kier molecular flexibility index (Phi) is 5.03. The van der Waals surface area contributed by atoms with E-state index in [1.165, 1.54) is 6.92 Å². The molecule has 118 valence electrons. The van der Waals surface area contributed by atoms with Gasteiger partial charge in [0.2, 0.25) is 5.75 Å². The lowest BCUT2D eigenvalue weighted by molar-refractivity contribution is -0.809. The van der Waals surface area contributed by atoms with Gasteiger partial charge in [0.25, 0.3) is 5.91 Å². The van der Waals surface area contributed by atoms with Gasteiger partial charge in [-0.1, -0.05) is 0 Å². The van der Waals surface area contributed by atoms with Crippen LogP contribution in [0.15, 0.2) is 0 Å². The Bertz CT molecular complexity index is 463. The smallest absolute Gasteiger partial charge is 0.492 e. The monoisotopic (exact) mass is 324 g/mol. The number of amides is 1. The maximum absolute atomic E-state index is 11.6. The molecule has 0 aliphatic carbocycles. The molecule has 0 saturated carbocycles. The number of nitro groups is 2. The third-order valence-corrected chi connectivity index (χ3v) is 3.98. The minimum atomic E-state index is -2.42. The second-order valence-electron chi connectivity index (χ2n) is 4.41. The SMILES string of the molecule is CC(N[S+]([O-])CC(=O)N1CC([N+](=O)[O-])([N+](=O)[O-])C1)C(=O)O. The Labute approximate surface area is 120 Å². The van der Waals surface area contributed by atoms with Crippen molar-refractivity contribution in [3.05, 3.63) is 20.2 Å². The molecule has 0 aromatic rings. The van der Waals surface area contributed by atoms with E-state index in [1.807, 2.05) is 0 Å². The minimum Gasteiger partial charge on any atom is -0.598 e. The van der Waals surface area contributed by atoms with Crippen LogP contribution in [0.3, 0.4) is 0 Å². The van der Waals surface area contributed by atoms with Gasteiger partial charge in [0, 0.05) is 11.4 Å². The number of carbonyl (C=O) groups excluding carboxylic acids is 1. The number of rotatable bonds is 7. The van der Waals surface area contributed by atoms with E-state index in [1.54, 1.807) is 0 Å². The summed E-state index contributed by atoms with van der Waals surface area (Å²) >= 11 is -2.00. The fourth-order valence-electron chi connectivity index (χ4n) is 1.53. The number of nitrogens with one attached hydrogen (secondary N) is 1. The van der Waals surface area contributed by atoms with Crippen molar-refractivity contribution in [2.45, 2.75) is 18.6 Å². The Morgan fingerprint density at radius 1 is 1.38 bits per heavy atom. The van der Waals surface area contributed by atoms with Gasteiger partial charge in [-0.3, -0.25) is 29.8 Å². The highest BCUT2D eigenvalue weighted by Gasteiger charge is 2.67. The molecule has 0 aromatic carbocycles. The topological polar surface area (TPSA) is 179 Å². The molecule has 2 unspecified atom stereocenters. The van der Waals surface area contributed by atoms with Crippen molar-refractivity contribution >= 4 is 23.2 Å². The highest BCUT2D eigenvalue weighted by Crippen LogP contribution is 2.25. The second-order valence-corrected chi connectivity index (χ2v) is 5.63. The Hall–Kier alpha value is -1.99. The molecule has 1 rings (SSSR count). The molecule has 0 aromatic heterocycles. The number of nitrogens with zero attached hydrogens (tertiary/aromatic N) is 3. The van der Waals surface area contributed by atoms with E-state index >= 15 is 0 Å². The number of hydrogen-bond acceptors (Lipinski definition) is 8. The summed E-state index contributed by atoms with van der Waals surface area (Å²) in [5.74, 6) is -2.68. The Morgan fingerprint density at radius 3 is 2.24 bits per heavy atom. The minimum absolute atomic E-state index is 0.622. The summed E-state index contributed by atoms with van der Waals surface area (Å²) in [4.78, 5) is 42.1. The van der Waals surface area contributed by atoms with Gasteiger partial charge in [0.05, 0.1) is 0 Å². The molecule has 2 N–H and O–H groups in total. The van der Waals surface area contributed by atoms with Gasteiger partial charge in [0.15, 0.2) is 13.1 Å². The van der Waals surface area contributed by atoms with E-state index in [0.717, 1.165) is 4.90 Å². The zero-order valence-corrected chi connectivity index (χ0v) is 11.6. The predicted octanol–water partition coefficient (Wildman–Crippen LogP) is -2.20. The van der Waals surface area contributed by atoms with Gasteiger partial charge in [-0.05, 0) is 6.92 Å². The molecule has 1 aliphatic rings. The number of carbonyl (C=O) groups is 2. The summed E-state index contributed by atoms with van der Waals surface area (Å²) in [5, 5.41) is 29.9. The van der Waals surface area contributed by atoms with E-state index in [2.05, 4.69) is 4.72 Å². The molecule has 0 radical (unpaired) electrons. The summed E-state index contributed by atoms with van der Waals surface area (Å²) in [6, 6.07) is -1.15. The van der Waals surface area contributed by atoms with E-state index in [4.69, 9.17) is 5.11 Å². The Morgan fingerprint density at radius 2 is 1.86 bits per heavy atom. The largest absolute Gasteiger partial charge is 0.598 e. The van der Waals surface area contributed by atoms with Crippen molar-refractivity contribution in [2.24, 2.45) is 0 Å². The number of carboxylic acids is 1. The fraction of sp³-hybridized carbons (Fsp3) is 0.750. The molecular formula is C8H12N4O8S. The van der Waals surface area contributed by atoms with Crippen molar-refractivity contribution < 1.29 is 29.1 Å². The van der Waals surface area contributed by atoms with Crippen LogP contribution < -0.4 is 4.72 Å². The zero-order chi connectivity index (χ0) is 16.4. The van der Waals surface area contributed by atoms with Crippen LogP contribution in [0.1, 0.15) is 6.92 Å². The number of likely N-dealkylation sites (tertiary alicyclic amines) is 1. The fourth-order valence-corrected chi connectivity index (χ4v) is 2.52. The molecule has 1 saturated heterocycles. The van der Waals surface area contributed by atoms with Crippen LogP contribution in [0.4, 0.5) is 0 Å². The molecule has 0 bridgehead atoms. The van der Waals surface area contributed by atoms with E-state index < -0.39 is 63.6 Å². The van der Waals surface area contributed by atoms with Crippen molar-refractivity contribution in [3.8, 4) is 0 Å². The number of hydrogen-bond donors (Lipinski definition) is 2. The molecule has 13 heteroatoms. The van der Waals surface area contributed by atoms with Gasteiger partial charge >= 0.3 is 11.6 Å². The first kappa shape index (κ1) is 17.1. The van der Waals surface area contributed by atoms with Crippen molar-refractivity contribution in [1.29, 1.82) is 0 Å². The van der Waals surface area contributed by atoms with Gasteiger partial charge < -0.3 is 14.6 Å². The first-order valence-electron chi connectivity index (χ1n) is 5.54. The summed E-state index contributed by atoms with van der Waals surface area (Å²) in [5.41, 5.74) is -2.42. The summed E-state index contributed by atoms with van der Waals surface area (Å²) in [7, 11) is 0. The lowest BCUT2D eigenvalue weighted by Gasteiger charge is -2.35. The van der Waals surface area contributed by atoms with Crippen molar-refractivity contribution in [3.63, 3.8) is 0 Å². The third-order valence-electron chi connectivity index (χ3n) is 2.85. The van der Waals surface area contributed by atoms with Crippen LogP contribution in [0.25, 0.3) is 0 Å². The number of aliphatic carboxylic acids is 1. The van der Waals surface area contributed by atoms with E-state index in [9.17, 15) is 34.4 Å². The number of carboxylic acid groups (broad SMARTS) is 1. The van der Waals surface area contributed by atoms with Crippen LogP contribution in [0.5, 0.6) is 0 Å². The van der Waals surface area contributed by atoms with Crippen LogP contribution >= 0.6 is 0 Å². The lowest BCUT2D eigenvalue weighted by Crippen LogP contribution is -2.71. The Balaban J connectivity index is 2.51. The molecule has 1 amide bonds. The highest BCUT2D eigenvalue weighted by atomic mass is 32.2. The molecule has 21 heavy (non-hydrogen) atoms. The molecule has 0 spiro atoms. The molecule has 1 fully saturated rings. The highest BCUT2D eigenvalue weighted by molar-refractivity contribution is 7.90. The molecule has 1 heterocycles. The normalized spacial score (nSPS) is 19.2. The first-order valence-corrected chi connectivity index (χ1v) is 6.86. The quantitative estimate of drug-likeness (QED) is 0.227.